The van der Waals surface area contributed by atoms with Gasteiger partial charge in [-0.3, -0.25) is 0 Å². The summed E-state index contributed by atoms with van der Waals surface area (Å²) in [5, 5.41) is 4.28. The monoisotopic (exact) mass is 267 g/mol. The first-order valence-electron chi connectivity index (χ1n) is 6.49. The summed E-state index contributed by atoms with van der Waals surface area (Å²) in [6, 6.07) is 3.97. The predicted octanol–water partition coefficient (Wildman–Crippen LogP) is 3.49. The van der Waals surface area contributed by atoms with Gasteiger partial charge in [-0.25, -0.2) is 0 Å². The molecule has 1 saturated carbocycles. The van der Waals surface area contributed by atoms with Gasteiger partial charge in [0.05, 0.1) is 5.02 Å². The molecular weight excluding hydrogens is 250 g/mol. The van der Waals surface area contributed by atoms with Crippen molar-refractivity contribution >= 4 is 11.6 Å². The van der Waals surface area contributed by atoms with Crippen molar-refractivity contribution in [1.82, 2.24) is 5.32 Å². The Balaban J connectivity index is 1.71. The maximum atomic E-state index is 6.17. The molecule has 18 heavy (non-hydrogen) atoms. The van der Waals surface area contributed by atoms with Crippen LogP contribution in [-0.2, 0) is 6.54 Å². The molecule has 0 amide bonds. The van der Waals surface area contributed by atoms with Crippen LogP contribution in [0.1, 0.15) is 38.2 Å². The molecule has 0 atom stereocenters. The van der Waals surface area contributed by atoms with Crippen LogP contribution in [0.25, 0.3) is 0 Å². The summed E-state index contributed by atoms with van der Waals surface area (Å²) in [5.74, 6) is 1.43. The van der Waals surface area contributed by atoms with Crippen molar-refractivity contribution in [2.45, 2.75) is 44.7 Å². The zero-order valence-electron chi connectivity index (χ0n) is 10.6. The molecule has 4 heteroatoms. The first kappa shape index (κ1) is 12.1. The number of ether oxygens (including phenoxy) is 2. The third-order valence-electron chi connectivity index (χ3n) is 3.91. The van der Waals surface area contributed by atoms with Crippen molar-refractivity contribution in [3.63, 3.8) is 0 Å². The van der Waals surface area contributed by atoms with Crippen LogP contribution in [0, 0.1) is 0 Å². The topological polar surface area (TPSA) is 30.5 Å². The van der Waals surface area contributed by atoms with E-state index in [2.05, 4.69) is 12.2 Å². The molecule has 0 saturated heterocycles. The van der Waals surface area contributed by atoms with E-state index in [1.165, 1.54) is 25.7 Å². The summed E-state index contributed by atoms with van der Waals surface area (Å²) in [4.78, 5) is 0. The molecule has 0 unspecified atom stereocenters. The van der Waals surface area contributed by atoms with Gasteiger partial charge in [0.15, 0.2) is 11.5 Å². The average molecular weight is 268 g/mol. The minimum absolute atomic E-state index is 0.268. The van der Waals surface area contributed by atoms with Crippen molar-refractivity contribution in [2.75, 3.05) is 6.79 Å². The number of halogens is 1. The van der Waals surface area contributed by atoms with Crippen LogP contribution in [0.3, 0.4) is 0 Å². The summed E-state index contributed by atoms with van der Waals surface area (Å²) in [6.07, 6.45) is 5.16. The summed E-state index contributed by atoms with van der Waals surface area (Å²) < 4.78 is 10.7. The molecule has 1 aliphatic heterocycles. The van der Waals surface area contributed by atoms with Gasteiger partial charge in [0.2, 0.25) is 6.79 Å². The summed E-state index contributed by atoms with van der Waals surface area (Å²) in [6.45, 7) is 3.39. The fraction of sp³-hybridized carbons (Fsp3) is 0.571. The van der Waals surface area contributed by atoms with Gasteiger partial charge in [0.25, 0.3) is 0 Å². The highest BCUT2D eigenvalue weighted by molar-refractivity contribution is 6.32. The van der Waals surface area contributed by atoms with Gasteiger partial charge in [-0.1, -0.05) is 24.4 Å². The minimum Gasteiger partial charge on any atom is -0.454 e. The SMILES string of the molecule is CC1(NCc2cc(Cl)c3c(c2)OCO3)CCCC1. The molecular formula is C14H18ClNO2. The molecule has 0 spiro atoms. The fourth-order valence-electron chi connectivity index (χ4n) is 2.77. The zero-order chi connectivity index (χ0) is 12.6. The summed E-state index contributed by atoms with van der Waals surface area (Å²) in [5.41, 5.74) is 1.43. The zero-order valence-corrected chi connectivity index (χ0v) is 11.3. The molecule has 98 valence electrons. The Bertz CT molecular complexity index is 455. The highest BCUT2D eigenvalue weighted by atomic mass is 35.5. The van der Waals surface area contributed by atoms with E-state index in [1.54, 1.807) is 0 Å². The van der Waals surface area contributed by atoms with Gasteiger partial charge < -0.3 is 14.8 Å². The van der Waals surface area contributed by atoms with E-state index in [4.69, 9.17) is 21.1 Å². The van der Waals surface area contributed by atoms with E-state index in [0.717, 1.165) is 17.9 Å². The Morgan fingerprint density at radius 2 is 2.06 bits per heavy atom. The lowest BCUT2D eigenvalue weighted by molar-refractivity contribution is 0.174. The Morgan fingerprint density at radius 3 is 2.83 bits per heavy atom. The summed E-state index contributed by atoms with van der Waals surface area (Å²) >= 11 is 6.17. The van der Waals surface area contributed by atoms with E-state index in [-0.39, 0.29) is 12.3 Å². The summed E-state index contributed by atoms with van der Waals surface area (Å²) in [7, 11) is 0. The Hall–Kier alpha value is -0.930. The maximum absolute atomic E-state index is 6.17. The molecule has 1 aliphatic carbocycles. The standard InChI is InChI=1S/C14H18ClNO2/c1-14(4-2-3-5-14)16-8-10-6-11(15)13-12(7-10)17-9-18-13/h6-7,16H,2-5,8-9H2,1H3. The van der Waals surface area contributed by atoms with Crippen LogP contribution in [0.4, 0.5) is 0 Å². The van der Waals surface area contributed by atoms with Crippen molar-refractivity contribution in [3.8, 4) is 11.5 Å². The molecule has 1 aromatic rings. The number of hydrogen-bond donors (Lipinski definition) is 1. The van der Waals surface area contributed by atoms with Crippen LogP contribution >= 0.6 is 11.6 Å². The normalized spacial score (nSPS) is 20.3. The second-order valence-corrected chi connectivity index (χ2v) is 5.84. The van der Waals surface area contributed by atoms with Crippen molar-refractivity contribution in [2.24, 2.45) is 0 Å². The van der Waals surface area contributed by atoms with E-state index in [0.29, 0.717) is 10.8 Å². The van der Waals surface area contributed by atoms with E-state index in [1.807, 2.05) is 12.1 Å². The second-order valence-electron chi connectivity index (χ2n) is 5.43. The lowest BCUT2D eigenvalue weighted by atomic mass is 10.0. The highest BCUT2D eigenvalue weighted by Gasteiger charge is 2.28. The Labute approximate surface area is 112 Å². The number of nitrogens with one attached hydrogen (secondary N) is 1. The largest absolute Gasteiger partial charge is 0.454 e. The predicted molar refractivity (Wildman–Crippen MR) is 71.3 cm³/mol. The maximum Gasteiger partial charge on any atom is 0.231 e. The molecule has 1 aromatic carbocycles. The first-order valence-corrected chi connectivity index (χ1v) is 6.87. The van der Waals surface area contributed by atoms with Crippen LogP contribution in [0.15, 0.2) is 12.1 Å². The number of hydrogen-bond acceptors (Lipinski definition) is 3. The van der Waals surface area contributed by atoms with Gasteiger partial charge in [0.1, 0.15) is 0 Å². The molecule has 3 rings (SSSR count). The van der Waals surface area contributed by atoms with Crippen molar-refractivity contribution in [1.29, 1.82) is 0 Å². The van der Waals surface area contributed by atoms with Gasteiger partial charge in [-0.2, -0.15) is 0 Å². The van der Waals surface area contributed by atoms with E-state index >= 15 is 0 Å². The van der Waals surface area contributed by atoms with Crippen LogP contribution < -0.4 is 14.8 Å². The van der Waals surface area contributed by atoms with E-state index < -0.39 is 0 Å². The smallest absolute Gasteiger partial charge is 0.231 e. The van der Waals surface area contributed by atoms with Crippen LogP contribution in [0.5, 0.6) is 11.5 Å². The van der Waals surface area contributed by atoms with Crippen LogP contribution in [-0.4, -0.2) is 12.3 Å². The molecule has 1 heterocycles. The Kier molecular flexibility index (Phi) is 3.12. The van der Waals surface area contributed by atoms with Gasteiger partial charge in [0, 0.05) is 12.1 Å². The van der Waals surface area contributed by atoms with E-state index in [9.17, 15) is 0 Å². The molecule has 0 bridgehead atoms. The van der Waals surface area contributed by atoms with Gasteiger partial charge >= 0.3 is 0 Å². The molecule has 1 fully saturated rings. The minimum atomic E-state index is 0.268. The second kappa shape index (κ2) is 4.63. The molecule has 2 aliphatic rings. The Morgan fingerprint density at radius 1 is 1.28 bits per heavy atom. The average Bonchev–Trinajstić information content (AvgIpc) is 2.96. The first-order chi connectivity index (χ1) is 8.66. The molecule has 0 aromatic heterocycles. The third-order valence-corrected chi connectivity index (χ3v) is 4.19. The molecule has 1 N–H and O–H groups in total. The number of rotatable bonds is 3. The van der Waals surface area contributed by atoms with Crippen LogP contribution in [0.2, 0.25) is 5.02 Å². The lowest BCUT2D eigenvalue weighted by Gasteiger charge is -2.25. The van der Waals surface area contributed by atoms with Crippen molar-refractivity contribution in [3.05, 3.63) is 22.7 Å². The number of benzene rings is 1. The molecule has 3 nitrogen and oxygen atoms in total. The third kappa shape index (κ3) is 2.29. The van der Waals surface area contributed by atoms with Gasteiger partial charge in [-0.05, 0) is 37.5 Å². The molecule has 0 radical (unpaired) electrons. The quantitative estimate of drug-likeness (QED) is 0.909. The number of fused-ring (bicyclic) bond motifs is 1. The lowest BCUT2D eigenvalue weighted by Crippen LogP contribution is -2.38. The van der Waals surface area contributed by atoms with Crippen molar-refractivity contribution < 1.29 is 9.47 Å². The highest BCUT2D eigenvalue weighted by Crippen LogP contribution is 2.40. The fourth-order valence-corrected chi connectivity index (χ4v) is 3.06. The van der Waals surface area contributed by atoms with Gasteiger partial charge in [-0.15, -0.1) is 0 Å².